The Hall–Kier alpha value is -0.410. The van der Waals surface area contributed by atoms with Crippen LogP contribution in [0.4, 0.5) is 0 Å². The molecular formula is C9H17NO2. The lowest BCUT2D eigenvalue weighted by atomic mass is 9.96. The summed E-state index contributed by atoms with van der Waals surface area (Å²) in [5, 5.41) is 0. The van der Waals surface area contributed by atoms with Gasteiger partial charge < -0.3 is 0 Å². The molecule has 70 valence electrons. The third-order valence-corrected chi connectivity index (χ3v) is 2.54. The van der Waals surface area contributed by atoms with Crippen molar-refractivity contribution in [1.29, 1.82) is 0 Å². The SMILES string of the molecule is NOCC(=O)C1CCCCCC1. The summed E-state index contributed by atoms with van der Waals surface area (Å²) in [7, 11) is 0. The molecule has 1 rings (SSSR count). The molecule has 0 bridgehead atoms. The van der Waals surface area contributed by atoms with Crippen LogP contribution in [-0.4, -0.2) is 12.4 Å². The highest BCUT2D eigenvalue weighted by molar-refractivity contribution is 5.82. The quantitative estimate of drug-likeness (QED) is 0.516. The van der Waals surface area contributed by atoms with Crippen LogP contribution in [0.2, 0.25) is 0 Å². The molecule has 0 heterocycles. The second-order valence-corrected chi connectivity index (χ2v) is 3.47. The maximum atomic E-state index is 11.3. The van der Waals surface area contributed by atoms with Crippen molar-refractivity contribution >= 4 is 5.78 Å². The van der Waals surface area contributed by atoms with Crippen molar-refractivity contribution in [3.05, 3.63) is 0 Å². The van der Waals surface area contributed by atoms with Gasteiger partial charge >= 0.3 is 0 Å². The van der Waals surface area contributed by atoms with Gasteiger partial charge in [-0.1, -0.05) is 25.7 Å². The number of nitrogens with two attached hydrogens (primary N) is 1. The van der Waals surface area contributed by atoms with Crippen molar-refractivity contribution in [2.75, 3.05) is 6.61 Å². The average molecular weight is 171 g/mol. The van der Waals surface area contributed by atoms with E-state index in [1.807, 2.05) is 0 Å². The van der Waals surface area contributed by atoms with E-state index in [2.05, 4.69) is 4.84 Å². The Balaban J connectivity index is 2.32. The first kappa shape index (κ1) is 9.68. The van der Waals surface area contributed by atoms with E-state index in [0.29, 0.717) is 0 Å². The summed E-state index contributed by atoms with van der Waals surface area (Å²) in [5.74, 6) is 5.25. The average Bonchev–Trinajstić information content (AvgIpc) is 2.32. The molecule has 0 atom stereocenters. The summed E-state index contributed by atoms with van der Waals surface area (Å²) < 4.78 is 0. The second kappa shape index (κ2) is 5.27. The highest BCUT2D eigenvalue weighted by atomic mass is 16.6. The largest absolute Gasteiger partial charge is 0.297 e. The van der Waals surface area contributed by atoms with Crippen LogP contribution in [0.3, 0.4) is 0 Å². The summed E-state index contributed by atoms with van der Waals surface area (Å²) in [6.07, 6.45) is 6.97. The lowest BCUT2D eigenvalue weighted by Gasteiger charge is -2.10. The van der Waals surface area contributed by atoms with Crippen molar-refractivity contribution in [1.82, 2.24) is 0 Å². The molecule has 3 heteroatoms. The summed E-state index contributed by atoms with van der Waals surface area (Å²) in [5.41, 5.74) is 0. The third kappa shape index (κ3) is 2.91. The van der Waals surface area contributed by atoms with Gasteiger partial charge in [0.25, 0.3) is 0 Å². The number of rotatable bonds is 3. The van der Waals surface area contributed by atoms with E-state index in [0.717, 1.165) is 12.8 Å². The molecule has 2 N–H and O–H groups in total. The molecule has 1 aliphatic carbocycles. The Morgan fingerprint density at radius 2 is 1.83 bits per heavy atom. The Kier molecular flexibility index (Phi) is 4.25. The lowest BCUT2D eigenvalue weighted by molar-refractivity contribution is -0.128. The van der Waals surface area contributed by atoms with Crippen molar-refractivity contribution in [3.63, 3.8) is 0 Å². The Labute approximate surface area is 73.2 Å². The zero-order valence-electron chi connectivity index (χ0n) is 7.42. The van der Waals surface area contributed by atoms with E-state index in [1.165, 1.54) is 25.7 Å². The van der Waals surface area contributed by atoms with E-state index in [-0.39, 0.29) is 18.3 Å². The zero-order chi connectivity index (χ0) is 8.81. The molecule has 3 nitrogen and oxygen atoms in total. The van der Waals surface area contributed by atoms with Gasteiger partial charge in [-0.05, 0) is 12.8 Å². The summed E-state index contributed by atoms with van der Waals surface area (Å²) in [4.78, 5) is 15.7. The van der Waals surface area contributed by atoms with Crippen molar-refractivity contribution in [2.24, 2.45) is 11.8 Å². The van der Waals surface area contributed by atoms with Crippen molar-refractivity contribution in [3.8, 4) is 0 Å². The zero-order valence-corrected chi connectivity index (χ0v) is 7.42. The fourth-order valence-electron chi connectivity index (χ4n) is 1.80. The Morgan fingerprint density at radius 1 is 1.25 bits per heavy atom. The van der Waals surface area contributed by atoms with Crippen LogP contribution in [0, 0.1) is 5.92 Å². The van der Waals surface area contributed by atoms with Crippen LogP contribution in [0.1, 0.15) is 38.5 Å². The molecule has 0 amide bonds. The van der Waals surface area contributed by atoms with Crippen LogP contribution < -0.4 is 5.90 Å². The number of Topliss-reactive ketones (excluding diaryl/α,β-unsaturated/α-hetero) is 1. The maximum absolute atomic E-state index is 11.3. The molecule has 12 heavy (non-hydrogen) atoms. The predicted molar refractivity (Wildman–Crippen MR) is 46.3 cm³/mol. The van der Waals surface area contributed by atoms with Gasteiger partial charge in [0.2, 0.25) is 0 Å². The highest BCUT2D eigenvalue weighted by Crippen LogP contribution is 2.23. The number of hydrogen-bond acceptors (Lipinski definition) is 3. The number of hydrogen-bond donors (Lipinski definition) is 1. The first-order chi connectivity index (χ1) is 5.84. The maximum Gasteiger partial charge on any atom is 0.163 e. The van der Waals surface area contributed by atoms with Crippen molar-refractivity contribution in [2.45, 2.75) is 38.5 Å². The number of carbonyl (C=O) groups excluding carboxylic acids is 1. The molecule has 0 spiro atoms. The van der Waals surface area contributed by atoms with E-state index in [9.17, 15) is 4.79 Å². The molecule has 1 aliphatic rings. The monoisotopic (exact) mass is 171 g/mol. The minimum absolute atomic E-state index is 0.0880. The van der Waals surface area contributed by atoms with Gasteiger partial charge in [-0.15, -0.1) is 0 Å². The molecule has 0 saturated heterocycles. The molecule has 0 aromatic heterocycles. The van der Waals surface area contributed by atoms with E-state index < -0.39 is 0 Å². The number of ketones is 1. The molecule has 0 aliphatic heterocycles. The van der Waals surface area contributed by atoms with Gasteiger partial charge in [0.05, 0.1) is 0 Å². The van der Waals surface area contributed by atoms with Crippen LogP contribution in [0.5, 0.6) is 0 Å². The van der Waals surface area contributed by atoms with Gasteiger partial charge in [-0.25, -0.2) is 5.90 Å². The van der Waals surface area contributed by atoms with Gasteiger partial charge in [0.1, 0.15) is 6.61 Å². The third-order valence-electron chi connectivity index (χ3n) is 2.54. The molecule has 1 fully saturated rings. The van der Waals surface area contributed by atoms with Crippen LogP contribution >= 0.6 is 0 Å². The lowest BCUT2D eigenvalue weighted by Crippen LogP contribution is -2.21. The minimum atomic E-state index is 0.0880. The van der Waals surface area contributed by atoms with Crippen LogP contribution in [0.15, 0.2) is 0 Å². The molecular weight excluding hydrogens is 154 g/mol. The van der Waals surface area contributed by atoms with Gasteiger partial charge in [0, 0.05) is 5.92 Å². The van der Waals surface area contributed by atoms with E-state index in [4.69, 9.17) is 5.90 Å². The van der Waals surface area contributed by atoms with Crippen LogP contribution in [0.25, 0.3) is 0 Å². The molecule has 0 radical (unpaired) electrons. The van der Waals surface area contributed by atoms with Crippen molar-refractivity contribution < 1.29 is 9.63 Å². The summed E-state index contributed by atoms with van der Waals surface area (Å²) >= 11 is 0. The highest BCUT2D eigenvalue weighted by Gasteiger charge is 2.19. The van der Waals surface area contributed by atoms with Crippen LogP contribution in [-0.2, 0) is 9.63 Å². The smallest absolute Gasteiger partial charge is 0.163 e. The Morgan fingerprint density at radius 3 is 2.33 bits per heavy atom. The topological polar surface area (TPSA) is 52.3 Å². The van der Waals surface area contributed by atoms with Gasteiger partial charge in [-0.2, -0.15) is 0 Å². The van der Waals surface area contributed by atoms with Gasteiger partial charge in [-0.3, -0.25) is 9.63 Å². The molecule has 0 unspecified atom stereocenters. The Bertz CT molecular complexity index is 139. The molecule has 1 saturated carbocycles. The predicted octanol–water partition coefficient (Wildman–Crippen LogP) is 1.42. The summed E-state index contributed by atoms with van der Waals surface area (Å²) in [6.45, 7) is 0.0880. The minimum Gasteiger partial charge on any atom is -0.297 e. The first-order valence-electron chi connectivity index (χ1n) is 4.69. The van der Waals surface area contributed by atoms with E-state index >= 15 is 0 Å². The fourth-order valence-corrected chi connectivity index (χ4v) is 1.80. The molecule has 0 aromatic carbocycles. The fraction of sp³-hybridized carbons (Fsp3) is 0.889. The number of carbonyl (C=O) groups is 1. The normalized spacial score (nSPS) is 20.4. The van der Waals surface area contributed by atoms with Gasteiger partial charge in [0.15, 0.2) is 5.78 Å². The van der Waals surface area contributed by atoms with E-state index in [1.54, 1.807) is 0 Å². The first-order valence-corrected chi connectivity index (χ1v) is 4.69. The second-order valence-electron chi connectivity index (χ2n) is 3.47. The standard InChI is InChI=1S/C9H17NO2/c10-12-7-9(11)8-5-3-1-2-4-6-8/h8H,1-7,10H2. The summed E-state index contributed by atoms with van der Waals surface area (Å²) in [6, 6.07) is 0. The molecule has 0 aromatic rings.